The molecular formula is C33H66O9. The Hall–Kier alpha value is -0.810. The fraction of sp³-hybridized carbons (Fsp3) is 0.970. The van der Waals surface area contributed by atoms with E-state index in [4.69, 9.17) is 33.2 Å². The topological polar surface area (TPSA) is 102 Å². The van der Waals surface area contributed by atoms with E-state index in [-0.39, 0.29) is 61.9 Å². The number of ether oxygens (including phenoxy) is 7. The second-order valence-electron chi connectivity index (χ2n) is 11.8. The largest absolute Gasteiger partial charge is 0.463 e. The monoisotopic (exact) mass is 606 g/mol. The van der Waals surface area contributed by atoms with Crippen LogP contribution in [0.3, 0.4) is 0 Å². The van der Waals surface area contributed by atoms with Gasteiger partial charge in [0.25, 0.3) is 0 Å². The Kier molecular flexibility index (Phi) is 24.0. The van der Waals surface area contributed by atoms with E-state index >= 15 is 0 Å². The highest BCUT2D eigenvalue weighted by Crippen LogP contribution is 2.22. The van der Waals surface area contributed by atoms with Crippen LogP contribution in [0.2, 0.25) is 0 Å². The summed E-state index contributed by atoms with van der Waals surface area (Å²) in [7, 11) is 0. The van der Waals surface area contributed by atoms with Crippen LogP contribution >= 0.6 is 0 Å². The molecule has 0 fully saturated rings. The molecule has 7 atom stereocenters. The maximum absolute atomic E-state index is 12.3. The zero-order chi connectivity index (χ0) is 32.0. The van der Waals surface area contributed by atoms with E-state index in [9.17, 15) is 9.90 Å². The van der Waals surface area contributed by atoms with Gasteiger partial charge in [-0.1, -0.05) is 48.5 Å². The van der Waals surface area contributed by atoms with Gasteiger partial charge < -0.3 is 38.3 Å². The number of esters is 1. The fourth-order valence-electron chi connectivity index (χ4n) is 3.81. The van der Waals surface area contributed by atoms with Gasteiger partial charge in [0.2, 0.25) is 0 Å². The number of carbonyl (C=O) groups is 1. The van der Waals surface area contributed by atoms with Crippen molar-refractivity contribution in [3.63, 3.8) is 0 Å². The number of aliphatic hydroxyl groups excluding tert-OH is 1. The van der Waals surface area contributed by atoms with Crippen molar-refractivity contribution < 1.29 is 43.1 Å². The smallest absolute Gasteiger partial charge is 0.311 e. The highest BCUT2D eigenvalue weighted by molar-refractivity contribution is 5.75. The maximum Gasteiger partial charge on any atom is 0.311 e. The van der Waals surface area contributed by atoms with Crippen molar-refractivity contribution in [1.82, 2.24) is 0 Å². The van der Waals surface area contributed by atoms with Gasteiger partial charge in [-0.3, -0.25) is 4.79 Å². The number of carbonyl (C=O) groups excluding carboxylic acids is 1. The number of aliphatic hydroxyl groups is 1. The molecule has 0 aliphatic rings. The molecule has 0 bridgehead atoms. The van der Waals surface area contributed by atoms with Crippen LogP contribution in [-0.4, -0.2) is 100 Å². The van der Waals surface area contributed by atoms with Gasteiger partial charge in [0, 0.05) is 0 Å². The molecule has 0 amide bonds. The van der Waals surface area contributed by atoms with E-state index < -0.39 is 5.41 Å². The highest BCUT2D eigenvalue weighted by Gasteiger charge is 2.28. The van der Waals surface area contributed by atoms with Gasteiger partial charge in [0.05, 0.1) is 87.8 Å². The molecule has 252 valence electrons. The summed E-state index contributed by atoms with van der Waals surface area (Å²) in [6.07, 6.45) is 5.09. The van der Waals surface area contributed by atoms with E-state index in [1.54, 1.807) is 0 Å². The average molecular weight is 607 g/mol. The first-order valence-corrected chi connectivity index (χ1v) is 16.5. The molecule has 9 heteroatoms. The van der Waals surface area contributed by atoms with Crippen molar-refractivity contribution in [2.75, 3.05) is 46.2 Å². The molecule has 42 heavy (non-hydrogen) atoms. The predicted molar refractivity (Wildman–Crippen MR) is 167 cm³/mol. The van der Waals surface area contributed by atoms with Crippen molar-refractivity contribution >= 4 is 5.97 Å². The summed E-state index contributed by atoms with van der Waals surface area (Å²) >= 11 is 0. The van der Waals surface area contributed by atoms with Crippen LogP contribution in [0, 0.1) is 5.41 Å². The van der Waals surface area contributed by atoms with Gasteiger partial charge in [-0.25, -0.2) is 0 Å². The Labute approximate surface area is 257 Å². The molecule has 0 rings (SSSR count). The van der Waals surface area contributed by atoms with E-state index in [1.807, 2.05) is 34.6 Å². The van der Waals surface area contributed by atoms with Crippen molar-refractivity contribution in [2.24, 2.45) is 5.41 Å². The first kappa shape index (κ1) is 41.2. The summed E-state index contributed by atoms with van der Waals surface area (Å²) in [5.74, 6) is -0.195. The van der Waals surface area contributed by atoms with Crippen LogP contribution in [0.4, 0.5) is 0 Å². The summed E-state index contributed by atoms with van der Waals surface area (Å²) < 4.78 is 42.0. The van der Waals surface area contributed by atoms with Gasteiger partial charge in [-0.2, -0.15) is 0 Å². The highest BCUT2D eigenvalue weighted by atomic mass is 16.6. The second kappa shape index (κ2) is 24.5. The number of hydrogen-bond acceptors (Lipinski definition) is 9. The van der Waals surface area contributed by atoms with Gasteiger partial charge in [0.15, 0.2) is 0 Å². The first-order valence-electron chi connectivity index (χ1n) is 16.5. The fourth-order valence-corrected chi connectivity index (χ4v) is 3.81. The van der Waals surface area contributed by atoms with Gasteiger partial charge in [0.1, 0.15) is 6.61 Å². The molecule has 0 aromatic heterocycles. The third-order valence-corrected chi connectivity index (χ3v) is 7.84. The van der Waals surface area contributed by atoms with Crippen LogP contribution < -0.4 is 0 Å². The molecule has 0 spiro atoms. The molecule has 0 heterocycles. The minimum atomic E-state index is -0.485. The number of hydrogen-bond donors (Lipinski definition) is 1. The molecule has 1 N–H and O–H groups in total. The molecule has 0 aromatic carbocycles. The molecular weight excluding hydrogens is 540 g/mol. The number of rotatable bonds is 28. The molecule has 0 saturated carbocycles. The van der Waals surface area contributed by atoms with Crippen molar-refractivity contribution in [3.05, 3.63) is 0 Å². The van der Waals surface area contributed by atoms with Gasteiger partial charge in [-0.15, -0.1) is 0 Å². The minimum absolute atomic E-state index is 0.0218. The van der Waals surface area contributed by atoms with Crippen LogP contribution in [0.15, 0.2) is 0 Å². The van der Waals surface area contributed by atoms with E-state index in [0.717, 1.165) is 44.9 Å². The summed E-state index contributed by atoms with van der Waals surface area (Å²) in [4.78, 5) is 12.3. The van der Waals surface area contributed by atoms with Crippen molar-refractivity contribution in [1.29, 1.82) is 0 Å². The van der Waals surface area contributed by atoms with Crippen LogP contribution in [-0.2, 0) is 38.0 Å². The Morgan fingerprint density at radius 1 is 0.571 bits per heavy atom. The lowest BCUT2D eigenvalue weighted by Crippen LogP contribution is -2.34. The predicted octanol–water partition coefficient (Wildman–Crippen LogP) is 6.12. The Balaban J connectivity index is 4.55. The van der Waals surface area contributed by atoms with Crippen LogP contribution in [0.5, 0.6) is 0 Å². The minimum Gasteiger partial charge on any atom is -0.463 e. The molecule has 7 unspecified atom stereocenters. The molecule has 0 radical (unpaired) electrons. The zero-order valence-corrected chi connectivity index (χ0v) is 28.7. The molecule has 0 aromatic rings. The van der Waals surface area contributed by atoms with E-state index in [0.29, 0.717) is 33.0 Å². The van der Waals surface area contributed by atoms with Gasteiger partial charge >= 0.3 is 5.97 Å². The third-order valence-electron chi connectivity index (χ3n) is 7.84. The summed E-state index contributed by atoms with van der Waals surface area (Å²) in [5, 5.41) is 9.34. The summed E-state index contributed by atoms with van der Waals surface area (Å²) in [6, 6.07) is 0. The lowest BCUT2D eigenvalue weighted by atomic mass is 9.91. The molecule has 9 nitrogen and oxygen atoms in total. The molecule has 0 saturated heterocycles. The Bertz CT molecular complexity index is 641. The van der Waals surface area contributed by atoms with Crippen LogP contribution in [0.1, 0.15) is 114 Å². The van der Waals surface area contributed by atoms with E-state index in [1.165, 1.54) is 0 Å². The SMILES string of the molecule is CCC(CO)OCC(CC)OCC(CC)OCC(CC)OCC(CC)OCC(CC)OC(C)COC(=O)C(C)(C)CC. The Morgan fingerprint density at radius 3 is 1.21 bits per heavy atom. The molecule has 0 aliphatic carbocycles. The zero-order valence-electron chi connectivity index (χ0n) is 28.7. The lowest BCUT2D eigenvalue weighted by Gasteiger charge is -2.27. The third kappa shape index (κ3) is 18.1. The quantitative estimate of drug-likeness (QED) is 0.106. The van der Waals surface area contributed by atoms with Crippen molar-refractivity contribution in [2.45, 2.75) is 157 Å². The van der Waals surface area contributed by atoms with Crippen LogP contribution in [0.25, 0.3) is 0 Å². The summed E-state index contributed by atoms with van der Waals surface area (Å²) in [6.45, 7) is 22.8. The standard InChI is InChI=1S/C33H66O9/c1-11-26(18-34)36-20-27(12-2)37-21-28(13-3)38-22-29(14-4)39-23-30(15-5)40-24-31(16-6)42-25(8)19-41-32(35)33(9,10)17-7/h25-31,34H,11-24H2,1-10H3. The Morgan fingerprint density at radius 2 is 0.905 bits per heavy atom. The second-order valence-corrected chi connectivity index (χ2v) is 11.8. The summed E-state index contributed by atoms with van der Waals surface area (Å²) in [5.41, 5.74) is -0.485. The normalized spacial score (nSPS) is 17.3. The average Bonchev–Trinajstić information content (AvgIpc) is 3.00. The maximum atomic E-state index is 12.3. The molecule has 0 aliphatic heterocycles. The van der Waals surface area contributed by atoms with Crippen molar-refractivity contribution in [3.8, 4) is 0 Å². The van der Waals surface area contributed by atoms with E-state index in [2.05, 4.69) is 34.6 Å². The van der Waals surface area contributed by atoms with Gasteiger partial charge in [-0.05, 0) is 65.7 Å². The first-order chi connectivity index (χ1) is 20.0. The lowest BCUT2D eigenvalue weighted by molar-refractivity contribution is -0.161.